The van der Waals surface area contributed by atoms with Crippen LogP contribution in [0.5, 0.6) is 0 Å². The Morgan fingerprint density at radius 1 is 1.32 bits per heavy atom. The minimum Gasteiger partial charge on any atom is -0.394 e. The van der Waals surface area contributed by atoms with Crippen LogP contribution >= 0.6 is 0 Å². The van der Waals surface area contributed by atoms with Crippen molar-refractivity contribution in [3.05, 3.63) is 35.9 Å². The number of carbonyl (C=O) groups is 1. The standard InChI is InChI=1S/C15H22N2O2/c1-15(2)11-17(9-12-7-5-4-6-8-12)14(19)13(10-18)16(15)3/h4-8,13,18H,9-11H2,1-3H3. The molecule has 1 N–H and O–H groups in total. The van der Waals surface area contributed by atoms with Gasteiger partial charge in [-0.15, -0.1) is 0 Å². The van der Waals surface area contributed by atoms with Crippen LogP contribution in [-0.2, 0) is 11.3 Å². The Kier molecular flexibility index (Phi) is 3.92. The molecule has 1 aromatic rings. The number of hydrogen-bond acceptors (Lipinski definition) is 3. The molecule has 2 rings (SSSR count). The minimum atomic E-state index is -0.438. The smallest absolute Gasteiger partial charge is 0.242 e. The van der Waals surface area contributed by atoms with E-state index in [4.69, 9.17) is 0 Å². The van der Waals surface area contributed by atoms with Crippen LogP contribution in [0.2, 0.25) is 0 Å². The van der Waals surface area contributed by atoms with Crippen molar-refractivity contribution in [3.63, 3.8) is 0 Å². The highest BCUT2D eigenvalue weighted by molar-refractivity contribution is 5.83. The molecule has 1 aliphatic heterocycles. The fourth-order valence-corrected chi connectivity index (χ4v) is 2.59. The number of hydrogen-bond donors (Lipinski definition) is 1. The molecule has 0 aromatic heterocycles. The molecule has 0 radical (unpaired) electrons. The van der Waals surface area contributed by atoms with Gasteiger partial charge in [-0.25, -0.2) is 0 Å². The molecular formula is C15H22N2O2. The molecule has 0 saturated carbocycles. The number of aliphatic hydroxyl groups is 1. The Hall–Kier alpha value is -1.39. The van der Waals surface area contributed by atoms with Crippen molar-refractivity contribution in [2.45, 2.75) is 32.0 Å². The van der Waals surface area contributed by atoms with Crippen LogP contribution < -0.4 is 0 Å². The lowest BCUT2D eigenvalue weighted by Crippen LogP contribution is -2.65. The lowest BCUT2D eigenvalue weighted by molar-refractivity contribution is -0.151. The normalized spacial score (nSPS) is 23.7. The van der Waals surface area contributed by atoms with Gasteiger partial charge in [-0.1, -0.05) is 30.3 Å². The highest BCUT2D eigenvalue weighted by Gasteiger charge is 2.42. The van der Waals surface area contributed by atoms with Crippen molar-refractivity contribution in [2.24, 2.45) is 0 Å². The molecule has 4 heteroatoms. The van der Waals surface area contributed by atoms with E-state index in [9.17, 15) is 9.90 Å². The van der Waals surface area contributed by atoms with Gasteiger partial charge in [-0.05, 0) is 26.5 Å². The maximum atomic E-state index is 12.4. The summed E-state index contributed by atoms with van der Waals surface area (Å²) < 4.78 is 0. The summed E-state index contributed by atoms with van der Waals surface area (Å²) in [6, 6.07) is 9.52. The van der Waals surface area contributed by atoms with Crippen LogP contribution in [0.15, 0.2) is 30.3 Å². The van der Waals surface area contributed by atoms with E-state index < -0.39 is 6.04 Å². The molecule has 1 heterocycles. The highest BCUT2D eigenvalue weighted by atomic mass is 16.3. The summed E-state index contributed by atoms with van der Waals surface area (Å²) in [5.41, 5.74) is 0.990. The summed E-state index contributed by atoms with van der Waals surface area (Å²) in [5, 5.41) is 9.46. The third kappa shape index (κ3) is 2.80. The van der Waals surface area contributed by atoms with Gasteiger partial charge in [-0.2, -0.15) is 0 Å². The SMILES string of the molecule is CN1C(CO)C(=O)N(Cc2ccccc2)CC1(C)C. The summed E-state index contributed by atoms with van der Waals surface area (Å²) in [5.74, 6) is 0.00757. The van der Waals surface area contributed by atoms with E-state index in [2.05, 4.69) is 13.8 Å². The third-order valence-corrected chi connectivity index (χ3v) is 3.99. The molecule has 0 spiro atoms. The Bertz CT molecular complexity index is 445. The summed E-state index contributed by atoms with van der Waals surface area (Å²) >= 11 is 0. The Morgan fingerprint density at radius 2 is 1.95 bits per heavy atom. The van der Waals surface area contributed by atoms with E-state index in [1.165, 1.54) is 0 Å². The summed E-state index contributed by atoms with van der Waals surface area (Å²) in [7, 11) is 1.90. The molecule has 1 atom stereocenters. The minimum absolute atomic E-state index is 0.00757. The Labute approximate surface area is 114 Å². The summed E-state index contributed by atoms with van der Waals surface area (Å²) in [6.07, 6.45) is 0. The first-order valence-electron chi connectivity index (χ1n) is 6.62. The molecule has 1 saturated heterocycles. The fourth-order valence-electron chi connectivity index (χ4n) is 2.59. The first kappa shape index (κ1) is 14.0. The van der Waals surface area contributed by atoms with E-state index in [0.29, 0.717) is 13.1 Å². The van der Waals surface area contributed by atoms with Crippen LogP contribution in [0, 0.1) is 0 Å². The van der Waals surface area contributed by atoms with Gasteiger partial charge >= 0.3 is 0 Å². The van der Waals surface area contributed by atoms with E-state index in [1.54, 1.807) is 0 Å². The Balaban J connectivity index is 2.19. The number of piperazine rings is 1. The maximum absolute atomic E-state index is 12.4. The zero-order chi connectivity index (χ0) is 14.0. The molecule has 104 valence electrons. The van der Waals surface area contributed by atoms with Crippen molar-refractivity contribution in [1.82, 2.24) is 9.80 Å². The summed E-state index contributed by atoms with van der Waals surface area (Å²) in [4.78, 5) is 16.2. The second-order valence-corrected chi connectivity index (χ2v) is 5.80. The fraction of sp³-hybridized carbons (Fsp3) is 0.533. The van der Waals surface area contributed by atoms with Crippen molar-refractivity contribution >= 4 is 5.91 Å². The van der Waals surface area contributed by atoms with Crippen LogP contribution in [0.1, 0.15) is 19.4 Å². The monoisotopic (exact) mass is 262 g/mol. The molecule has 4 nitrogen and oxygen atoms in total. The van der Waals surface area contributed by atoms with E-state index in [0.717, 1.165) is 5.56 Å². The lowest BCUT2D eigenvalue weighted by atomic mass is 9.95. The average molecular weight is 262 g/mol. The van der Waals surface area contributed by atoms with Gasteiger partial charge in [0, 0.05) is 18.6 Å². The number of rotatable bonds is 3. The van der Waals surface area contributed by atoms with Crippen molar-refractivity contribution in [1.29, 1.82) is 0 Å². The van der Waals surface area contributed by atoms with Crippen LogP contribution in [0.3, 0.4) is 0 Å². The molecule has 0 aliphatic carbocycles. The lowest BCUT2D eigenvalue weighted by Gasteiger charge is -2.49. The number of likely N-dealkylation sites (N-methyl/N-ethyl adjacent to an activating group) is 1. The number of amides is 1. The third-order valence-electron chi connectivity index (χ3n) is 3.99. The van der Waals surface area contributed by atoms with Gasteiger partial charge in [0.15, 0.2) is 0 Å². The van der Waals surface area contributed by atoms with Gasteiger partial charge in [0.25, 0.3) is 0 Å². The average Bonchev–Trinajstić information content (AvgIpc) is 2.38. The van der Waals surface area contributed by atoms with Gasteiger partial charge in [0.1, 0.15) is 6.04 Å². The zero-order valence-electron chi connectivity index (χ0n) is 11.8. The zero-order valence-corrected chi connectivity index (χ0v) is 11.8. The van der Waals surface area contributed by atoms with Gasteiger partial charge < -0.3 is 10.0 Å². The predicted octanol–water partition coefficient (Wildman–Crippen LogP) is 1.10. The van der Waals surface area contributed by atoms with Gasteiger partial charge in [0.2, 0.25) is 5.91 Å². The van der Waals surface area contributed by atoms with Gasteiger partial charge in [-0.3, -0.25) is 9.69 Å². The second-order valence-electron chi connectivity index (χ2n) is 5.80. The largest absolute Gasteiger partial charge is 0.394 e. The van der Waals surface area contributed by atoms with Crippen molar-refractivity contribution in [2.75, 3.05) is 20.2 Å². The molecule has 1 aromatic carbocycles. The number of benzene rings is 1. The highest BCUT2D eigenvalue weighted by Crippen LogP contribution is 2.25. The molecule has 1 aliphatic rings. The first-order valence-corrected chi connectivity index (χ1v) is 6.62. The molecule has 19 heavy (non-hydrogen) atoms. The molecule has 1 amide bonds. The summed E-state index contributed by atoms with van der Waals surface area (Å²) in [6.45, 7) is 5.34. The number of carbonyl (C=O) groups excluding carboxylic acids is 1. The predicted molar refractivity (Wildman–Crippen MR) is 74.6 cm³/mol. The van der Waals surface area contributed by atoms with E-state index >= 15 is 0 Å². The first-order chi connectivity index (χ1) is 8.95. The number of aliphatic hydroxyl groups excluding tert-OH is 1. The second kappa shape index (κ2) is 5.31. The molecule has 1 unspecified atom stereocenters. The van der Waals surface area contributed by atoms with Crippen LogP contribution in [0.25, 0.3) is 0 Å². The van der Waals surface area contributed by atoms with E-state index in [1.807, 2.05) is 47.2 Å². The van der Waals surface area contributed by atoms with Gasteiger partial charge in [0.05, 0.1) is 6.61 Å². The topological polar surface area (TPSA) is 43.8 Å². The van der Waals surface area contributed by atoms with Crippen LogP contribution in [0.4, 0.5) is 0 Å². The molecular weight excluding hydrogens is 240 g/mol. The van der Waals surface area contributed by atoms with Crippen LogP contribution in [-0.4, -0.2) is 52.6 Å². The Morgan fingerprint density at radius 3 is 2.53 bits per heavy atom. The quantitative estimate of drug-likeness (QED) is 0.887. The molecule has 0 bridgehead atoms. The van der Waals surface area contributed by atoms with E-state index in [-0.39, 0.29) is 18.1 Å². The van der Waals surface area contributed by atoms with Crippen molar-refractivity contribution < 1.29 is 9.90 Å². The molecule has 1 fully saturated rings. The maximum Gasteiger partial charge on any atom is 0.242 e. The number of nitrogens with zero attached hydrogens (tertiary/aromatic N) is 2. The van der Waals surface area contributed by atoms with Crippen molar-refractivity contribution in [3.8, 4) is 0 Å².